The largest absolute Gasteiger partial charge is 0.497 e. The molecule has 1 unspecified atom stereocenters. The summed E-state index contributed by atoms with van der Waals surface area (Å²) < 4.78 is 17.0. The minimum absolute atomic E-state index is 0.0445. The summed E-state index contributed by atoms with van der Waals surface area (Å²) in [5, 5.41) is 9.97. The van der Waals surface area contributed by atoms with Crippen molar-refractivity contribution in [1.82, 2.24) is 10.2 Å². The molecule has 2 aromatic heterocycles. The maximum Gasteiger partial charge on any atom is 0.297 e. The normalized spacial score (nSPS) is 15.2. The number of halogens is 1. The smallest absolute Gasteiger partial charge is 0.297 e. The average Bonchev–Trinajstić information content (AvgIpc) is 3.35. The second kappa shape index (κ2) is 7.86. The standard InChI is InChI=1S/C23H18ClN3O5S/c1-10-7-17-14(9-15(10)24)20(28)18-19(13-8-12(30-3)5-6-16(13)31-4)27(22(29)21(18)32-17)23-26-25-11(2)33-23/h5-9,19H,1-4H3. The number of ether oxygens (including phenoxy) is 2. The fourth-order valence-electron chi connectivity index (χ4n) is 4.02. The number of amides is 1. The Balaban J connectivity index is 1.86. The van der Waals surface area contributed by atoms with Gasteiger partial charge in [0.25, 0.3) is 5.91 Å². The van der Waals surface area contributed by atoms with Crippen molar-refractivity contribution < 1.29 is 18.7 Å². The van der Waals surface area contributed by atoms with E-state index in [0.29, 0.717) is 43.2 Å². The van der Waals surface area contributed by atoms with E-state index in [9.17, 15) is 9.59 Å². The van der Waals surface area contributed by atoms with Crippen LogP contribution in [0.25, 0.3) is 11.0 Å². The number of anilines is 1. The zero-order chi connectivity index (χ0) is 23.4. The summed E-state index contributed by atoms with van der Waals surface area (Å²) in [5.74, 6) is 0.498. The van der Waals surface area contributed by atoms with Crippen LogP contribution in [-0.2, 0) is 0 Å². The highest BCUT2D eigenvalue weighted by atomic mass is 35.5. The minimum Gasteiger partial charge on any atom is -0.497 e. The lowest BCUT2D eigenvalue weighted by Gasteiger charge is -2.24. The van der Waals surface area contributed by atoms with Gasteiger partial charge in [-0.15, -0.1) is 10.2 Å². The molecule has 5 rings (SSSR count). The van der Waals surface area contributed by atoms with Crippen LogP contribution in [0.5, 0.6) is 11.5 Å². The molecule has 1 aliphatic rings. The first-order valence-electron chi connectivity index (χ1n) is 9.96. The van der Waals surface area contributed by atoms with Crippen LogP contribution in [-0.4, -0.2) is 30.3 Å². The van der Waals surface area contributed by atoms with Gasteiger partial charge in [0.05, 0.1) is 25.2 Å². The highest BCUT2D eigenvalue weighted by Crippen LogP contribution is 2.45. The number of carbonyl (C=O) groups is 1. The van der Waals surface area contributed by atoms with Crippen LogP contribution in [0.4, 0.5) is 5.13 Å². The second-order valence-electron chi connectivity index (χ2n) is 7.56. The predicted octanol–water partition coefficient (Wildman–Crippen LogP) is 4.68. The molecular formula is C23H18ClN3O5S. The van der Waals surface area contributed by atoms with E-state index >= 15 is 0 Å². The Bertz CT molecular complexity index is 1500. The number of carbonyl (C=O) groups excluding carboxylic acids is 1. The number of benzene rings is 2. The first kappa shape index (κ1) is 21.4. The lowest BCUT2D eigenvalue weighted by molar-refractivity contribution is 0.0970. The Morgan fingerprint density at radius 1 is 1.09 bits per heavy atom. The van der Waals surface area contributed by atoms with Crippen LogP contribution in [0.1, 0.15) is 38.3 Å². The molecule has 0 saturated heterocycles. The zero-order valence-corrected chi connectivity index (χ0v) is 19.7. The van der Waals surface area contributed by atoms with Gasteiger partial charge in [0.2, 0.25) is 10.9 Å². The van der Waals surface area contributed by atoms with Crippen molar-refractivity contribution in [3.8, 4) is 11.5 Å². The monoisotopic (exact) mass is 483 g/mol. The molecule has 1 amide bonds. The molecule has 33 heavy (non-hydrogen) atoms. The molecule has 0 spiro atoms. The molecule has 0 aliphatic carbocycles. The van der Waals surface area contributed by atoms with Gasteiger partial charge < -0.3 is 13.9 Å². The van der Waals surface area contributed by atoms with E-state index in [0.717, 1.165) is 5.56 Å². The van der Waals surface area contributed by atoms with Crippen molar-refractivity contribution in [2.45, 2.75) is 19.9 Å². The molecule has 1 aliphatic heterocycles. The van der Waals surface area contributed by atoms with Gasteiger partial charge in [-0.1, -0.05) is 22.9 Å². The lowest BCUT2D eigenvalue weighted by Crippen LogP contribution is -2.29. The van der Waals surface area contributed by atoms with E-state index in [-0.39, 0.29) is 16.8 Å². The van der Waals surface area contributed by atoms with Crippen molar-refractivity contribution in [2.75, 3.05) is 19.1 Å². The average molecular weight is 484 g/mol. The summed E-state index contributed by atoms with van der Waals surface area (Å²) in [6, 6.07) is 7.57. The van der Waals surface area contributed by atoms with Crippen molar-refractivity contribution in [1.29, 1.82) is 0 Å². The van der Waals surface area contributed by atoms with Crippen molar-refractivity contribution in [3.63, 3.8) is 0 Å². The third-order valence-electron chi connectivity index (χ3n) is 5.60. The molecule has 168 valence electrons. The van der Waals surface area contributed by atoms with Crippen molar-refractivity contribution >= 4 is 44.9 Å². The van der Waals surface area contributed by atoms with Gasteiger partial charge in [0.1, 0.15) is 28.1 Å². The number of aromatic nitrogens is 2. The topological polar surface area (TPSA) is 94.8 Å². The number of aryl methyl sites for hydroxylation is 2. The van der Waals surface area contributed by atoms with Gasteiger partial charge in [-0.2, -0.15) is 0 Å². The molecule has 8 nitrogen and oxygen atoms in total. The number of rotatable bonds is 4. The van der Waals surface area contributed by atoms with Gasteiger partial charge in [0, 0.05) is 10.6 Å². The SMILES string of the molecule is COc1ccc(OC)c(C2c3c(oc4cc(C)c(Cl)cc4c3=O)C(=O)N2c2nnc(C)s2)c1. The van der Waals surface area contributed by atoms with Gasteiger partial charge in [0.15, 0.2) is 5.43 Å². The van der Waals surface area contributed by atoms with Crippen molar-refractivity contribution in [3.05, 3.63) is 73.0 Å². The molecule has 0 radical (unpaired) electrons. The summed E-state index contributed by atoms with van der Waals surface area (Å²) in [4.78, 5) is 28.8. The highest BCUT2D eigenvalue weighted by Gasteiger charge is 2.46. The quantitative estimate of drug-likeness (QED) is 0.416. The first-order chi connectivity index (χ1) is 15.8. The fraction of sp³-hybridized carbons (Fsp3) is 0.217. The Hall–Kier alpha value is -3.43. The summed E-state index contributed by atoms with van der Waals surface area (Å²) in [6.07, 6.45) is 0. The molecule has 3 heterocycles. The maximum absolute atomic E-state index is 13.7. The number of hydrogen-bond donors (Lipinski definition) is 0. The van der Waals surface area contributed by atoms with Gasteiger partial charge >= 0.3 is 0 Å². The fourth-order valence-corrected chi connectivity index (χ4v) is 4.90. The summed E-state index contributed by atoms with van der Waals surface area (Å²) in [6.45, 7) is 3.59. The molecule has 2 aromatic carbocycles. The number of methoxy groups -OCH3 is 2. The van der Waals surface area contributed by atoms with Crippen LogP contribution < -0.4 is 19.8 Å². The number of nitrogens with zero attached hydrogens (tertiary/aromatic N) is 3. The predicted molar refractivity (Wildman–Crippen MR) is 125 cm³/mol. The van der Waals surface area contributed by atoms with Crippen LogP contribution >= 0.6 is 22.9 Å². The van der Waals surface area contributed by atoms with E-state index in [1.807, 2.05) is 0 Å². The Labute approximate surface area is 197 Å². The number of hydrogen-bond acceptors (Lipinski definition) is 8. The Morgan fingerprint density at radius 2 is 1.88 bits per heavy atom. The summed E-state index contributed by atoms with van der Waals surface area (Å²) >= 11 is 7.54. The van der Waals surface area contributed by atoms with E-state index in [1.54, 1.807) is 44.2 Å². The molecule has 1 atom stereocenters. The molecule has 0 saturated carbocycles. The molecule has 0 fully saturated rings. The van der Waals surface area contributed by atoms with Gasteiger partial charge in [-0.05, 0) is 49.7 Å². The van der Waals surface area contributed by atoms with Crippen LogP contribution in [0.2, 0.25) is 5.02 Å². The van der Waals surface area contributed by atoms with E-state index in [2.05, 4.69) is 10.2 Å². The van der Waals surface area contributed by atoms with Gasteiger partial charge in [-0.25, -0.2) is 0 Å². The Morgan fingerprint density at radius 3 is 2.55 bits per heavy atom. The molecule has 4 aromatic rings. The lowest BCUT2D eigenvalue weighted by atomic mass is 9.97. The zero-order valence-electron chi connectivity index (χ0n) is 18.1. The number of fused-ring (bicyclic) bond motifs is 2. The third-order valence-corrected chi connectivity index (χ3v) is 6.85. The second-order valence-corrected chi connectivity index (χ2v) is 9.13. The third kappa shape index (κ3) is 3.27. The van der Waals surface area contributed by atoms with E-state index < -0.39 is 11.9 Å². The first-order valence-corrected chi connectivity index (χ1v) is 11.2. The summed E-state index contributed by atoms with van der Waals surface area (Å²) in [5.41, 5.74) is 1.43. The highest BCUT2D eigenvalue weighted by molar-refractivity contribution is 7.15. The minimum atomic E-state index is -0.856. The molecule has 10 heteroatoms. The molecular weight excluding hydrogens is 466 g/mol. The van der Waals surface area contributed by atoms with Crippen LogP contribution in [0, 0.1) is 13.8 Å². The van der Waals surface area contributed by atoms with Crippen LogP contribution in [0.15, 0.2) is 39.5 Å². The van der Waals surface area contributed by atoms with Crippen molar-refractivity contribution in [2.24, 2.45) is 0 Å². The summed E-state index contributed by atoms with van der Waals surface area (Å²) in [7, 11) is 3.06. The van der Waals surface area contributed by atoms with E-state index in [1.165, 1.54) is 30.5 Å². The molecule has 0 bridgehead atoms. The van der Waals surface area contributed by atoms with Crippen LogP contribution in [0.3, 0.4) is 0 Å². The van der Waals surface area contributed by atoms with E-state index in [4.69, 9.17) is 25.5 Å². The maximum atomic E-state index is 13.7. The van der Waals surface area contributed by atoms with Gasteiger partial charge in [-0.3, -0.25) is 14.5 Å². The molecule has 0 N–H and O–H groups in total. The Kier molecular flexibility index (Phi) is 5.10.